The number of hydrogen-bond donors (Lipinski definition) is 0. The second-order valence-corrected chi connectivity index (χ2v) is 6.20. The summed E-state index contributed by atoms with van der Waals surface area (Å²) in [7, 11) is -1.80. The molecule has 92 valence electrons. The number of hydrogen-bond acceptors (Lipinski definition) is 0. The van der Waals surface area contributed by atoms with Gasteiger partial charge in [-0.2, -0.15) is 0 Å². The van der Waals surface area contributed by atoms with Gasteiger partial charge in [-0.1, -0.05) is 18.2 Å². The minimum atomic E-state index is -4.21. The highest BCUT2D eigenvalue weighted by Gasteiger charge is 2.47. The molecule has 0 amide bonds. The molecule has 0 N–H and O–H groups in total. The molecule has 0 fully saturated rings. The van der Waals surface area contributed by atoms with Crippen molar-refractivity contribution >= 4 is 30.6 Å². The molecule has 3 aromatic rings. The van der Waals surface area contributed by atoms with E-state index in [1.54, 1.807) is 36.4 Å². The van der Waals surface area contributed by atoms with Crippen LogP contribution < -0.4 is 0 Å². The second kappa shape index (κ2) is 3.72. The molecule has 0 aliphatic rings. The zero-order chi connectivity index (χ0) is 12.9. The van der Waals surface area contributed by atoms with Crippen LogP contribution in [0.5, 0.6) is 0 Å². The summed E-state index contributed by atoms with van der Waals surface area (Å²) in [6, 6.07) is 12.1. The molecule has 0 aliphatic heterocycles. The molecule has 0 spiro atoms. The number of fused-ring (bicyclic) bond motifs is 3. The number of rotatable bonds is 0. The van der Waals surface area contributed by atoms with E-state index in [-0.39, 0.29) is 0 Å². The topological polar surface area (TPSA) is 0 Å². The van der Waals surface area contributed by atoms with Crippen molar-refractivity contribution in [3.63, 3.8) is 0 Å². The lowest BCUT2D eigenvalue weighted by Gasteiger charge is -1.96. The predicted octanol–water partition coefficient (Wildman–Crippen LogP) is 5.53. The molecule has 2 aromatic carbocycles. The SMILES string of the molecule is Cc1ccc2c3ccccc3[s+](C(F)(F)F)c2c1. The Hall–Kier alpha value is -1.55. The van der Waals surface area contributed by atoms with Gasteiger partial charge in [-0.15, -0.1) is 13.2 Å². The van der Waals surface area contributed by atoms with Crippen molar-refractivity contribution in [2.24, 2.45) is 0 Å². The molecule has 0 radical (unpaired) electrons. The molecular weight excluding hydrogens is 257 g/mol. The van der Waals surface area contributed by atoms with Crippen molar-refractivity contribution in [3.05, 3.63) is 48.0 Å². The van der Waals surface area contributed by atoms with E-state index < -0.39 is 16.0 Å². The molecule has 1 atom stereocenters. The fourth-order valence-corrected chi connectivity index (χ4v) is 4.31. The van der Waals surface area contributed by atoms with Crippen LogP contribution in [0.4, 0.5) is 13.2 Å². The van der Waals surface area contributed by atoms with E-state index >= 15 is 0 Å². The summed E-state index contributed by atoms with van der Waals surface area (Å²) in [5, 5.41) is 1.44. The molecule has 18 heavy (non-hydrogen) atoms. The number of halogens is 3. The maximum absolute atomic E-state index is 13.3. The number of benzene rings is 2. The normalized spacial score (nSPS) is 13.4. The van der Waals surface area contributed by atoms with Crippen LogP contribution in [0.1, 0.15) is 5.56 Å². The van der Waals surface area contributed by atoms with Gasteiger partial charge in [0.05, 0.1) is 0 Å². The van der Waals surface area contributed by atoms with E-state index in [9.17, 15) is 13.2 Å². The molecule has 0 nitrogen and oxygen atoms in total. The zero-order valence-electron chi connectivity index (χ0n) is 9.58. The lowest BCUT2D eigenvalue weighted by Crippen LogP contribution is -1.95. The Morgan fingerprint density at radius 1 is 0.889 bits per heavy atom. The summed E-state index contributed by atoms with van der Waals surface area (Å²) in [4.78, 5) is 0. The third-order valence-electron chi connectivity index (χ3n) is 2.99. The molecule has 1 heterocycles. The number of alkyl halides is 3. The highest BCUT2D eigenvalue weighted by molar-refractivity contribution is 7.43. The van der Waals surface area contributed by atoms with Crippen LogP contribution >= 0.6 is 10.5 Å². The Labute approximate surface area is 105 Å². The molecular formula is C14H10F3S+. The molecule has 0 bridgehead atoms. The fraction of sp³-hybridized carbons (Fsp3) is 0.143. The first kappa shape index (κ1) is 11.5. The molecule has 1 aromatic heterocycles. The van der Waals surface area contributed by atoms with E-state index in [2.05, 4.69) is 0 Å². The van der Waals surface area contributed by atoms with Crippen LogP contribution in [-0.4, -0.2) is 0 Å². The molecule has 0 aliphatic carbocycles. The number of thiophene rings is 1. The third kappa shape index (κ3) is 1.60. The van der Waals surface area contributed by atoms with E-state index in [1.165, 1.54) is 0 Å². The Kier molecular flexibility index (Phi) is 2.38. The summed E-state index contributed by atoms with van der Waals surface area (Å²) in [6.45, 7) is 1.82. The first-order chi connectivity index (χ1) is 8.48. The average molecular weight is 267 g/mol. The van der Waals surface area contributed by atoms with E-state index in [1.807, 2.05) is 13.0 Å². The summed E-state index contributed by atoms with van der Waals surface area (Å²) >= 11 is 0. The standard InChI is InChI=1S/C14H10F3S/c1-9-6-7-11-10-4-2-3-5-12(10)18(13(11)8-9)14(15,16)17/h2-8H,1H3/q+1. The van der Waals surface area contributed by atoms with E-state index in [0.29, 0.717) is 14.8 Å². The third-order valence-corrected chi connectivity index (χ3v) is 5.02. The monoisotopic (exact) mass is 267 g/mol. The minimum Gasteiger partial charge on any atom is -0.118 e. The molecule has 0 saturated heterocycles. The van der Waals surface area contributed by atoms with Gasteiger partial charge in [0.1, 0.15) is 10.5 Å². The van der Waals surface area contributed by atoms with Gasteiger partial charge in [0.25, 0.3) is 0 Å². The van der Waals surface area contributed by atoms with Crippen molar-refractivity contribution in [3.8, 4) is 0 Å². The van der Waals surface area contributed by atoms with Crippen molar-refractivity contribution < 1.29 is 13.2 Å². The van der Waals surface area contributed by atoms with Crippen molar-refractivity contribution in [1.29, 1.82) is 0 Å². The summed E-state index contributed by atoms with van der Waals surface area (Å²) in [5.41, 5.74) is -3.35. The summed E-state index contributed by atoms with van der Waals surface area (Å²) < 4.78 is 40.6. The van der Waals surface area contributed by atoms with E-state index in [4.69, 9.17) is 0 Å². The van der Waals surface area contributed by atoms with Crippen molar-refractivity contribution in [2.45, 2.75) is 12.4 Å². The lowest BCUT2D eigenvalue weighted by molar-refractivity contribution is -0.0862. The molecule has 0 saturated carbocycles. The zero-order valence-corrected chi connectivity index (χ0v) is 10.4. The van der Waals surface area contributed by atoms with Crippen LogP contribution in [-0.2, 0) is 5.51 Å². The highest BCUT2D eigenvalue weighted by Crippen LogP contribution is 2.53. The second-order valence-electron chi connectivity index (χ2n) is 4.25. The Morgan fingerprint density at radius 3 is 2.28 bits per heavy atom. The smallest absolute Gasteiger partial charge is 0.118 e. The van der Waals surface area contributed by atoms with E-state index in [0.717, 1.165) is 10.9 Å². The first-order valence-electron chi connectivity index (χ1n) is 5.49. The first-order valence-corrected chi connectivity index (χ1v) is 6.72. The summed E-state index contributed by atoms with van der Waals surface area (Å²) in [5.74, 6) is 0. The molecule has 4 heteroatoms. The van der Waals surface area contributed by atoms with Gasteiger partial charge in [-0.3, -0.25) is 0 Å². The van der Waals surface area contributed by atoms with Gasteiger partial charge in [-0.05, 0) is 30.7 Å². The van der Waals surface area contributed by atoms with Crippen LogP contribution in [0.25, 0.3) is 20.2 Å². The highest BCUT2D eigenvalue weighted by atomic mass is 32.2. The van der Waals surface area contributed by atoms with Crippen LogP contribution in [0.15, 0.2) is 42.5 Å². The molecule has 3 rings (SSSR count). The van der Waals surface area contributed by atoms with Gasteiger partial charge >= 0.3 is 5.51 Å². The Balaban J connectivity index is 2.59. The average Bonchev–Trinajstić information content (AvgIpc) is 2.61. The largest absolute Gasteiger partial charge is 0.601 e. The van der Waals surface area contributed by atoms with Crippen LogP contribution in [0.2, 0.25) is 0 Å². The van der Waals surface area contributed by atoms with Gasteiger partial charge < -0.3 is 0 Å². The molecule has 1 unspecified atom stereocenters. The quantitative estimate of drug-likeness (QED) is 0.470. The maximum Gasteiger partial charge on any atom is 0.601 e. The number of aryl methyl sites for hydroxylation is 1. The lowest BCUT2D eigenvalue weighted by atomic mass is 10.1. The van der Waals surface area contributed by atoms with Crippen LogP contribution in [0.3, 0.4) is 0 Å². The van der Waals surface area contributed by atoms with Gasteiger partial charge in [-0.25, -0.2) is 0 Å². The van der Waals surface area contributed by atoms with Crippen molar-refractivity contribution in [2.75, 3.05) is 0 Å². The maximum atomic E-state index is 13.3. The van der Waals surface area contributed by atoms with Gasteiger partial charge in [0.15, 0.2) is 9.40 Å². The van der Waals surface area contributed by atoms with Crippen molar-refractivity contribution in [1.82, 2.24) is 0 Å². The predicted molar refractivity (Wildman–Crippen MR) is 70.0 cm³/mol. The Bertz CT molecular complexity index is 738. The van der Waals surface area contributed by atoms with Gasteiger partial charge in [0.2, 0.25) is 0 Å². The summed E-state index contributed by atoms with van der Waals surface area (Å²) in [6.07, 6.45) is 0. The fourth-order valence-electron chi connectivity index (χ4n) is 2.26. The van der Waals surface area contributed by atoms with Crippen LogP contribution in [0, 0.1) is 6.92 Å². The van der Waals surface area contributed by atoms with Gasteiger partial charge in [0, 0.05) is 16.8 Å². The Morgan fingerprint density at radius 2 is 1.56 bits per heavy atom. The minimum absolute atomic E-state index is 0.394.